The molecule has 0 spiro atoms. The van der Waals surface area contributed by atoms with Gasteiger partial charge in [0, 0.05) is 12.1 Å². The first-order chi connectivity index (χ1) is 6.19. The maximum absolute atomic E-state index is 12.8. The Morgan fingerprint density at radius 2 is 2.08 bits per heavy atom. The zero-order chi connectivity index (χ0) is 9.84. The average molecular weight is 188 g/mol. The van der Waals surface area contributed by atoms with Crippen LogP contribution in [0.4, 0.5) is 8.78 Å². The summed E-state index contributed by atoms with van der Waals surface area (Å²) in [5.41, 5.74) is 0. The topological polar surface area (TPSA) is 38.7 Å². The summed E-state index contributed by atoms with van der Waals surface area (Å²) in [6.45, 7) is 0. The molecule has 0 unspecified atom stereocenters. The lowest BCUT2D eigenvalue weighted by molar-refractivity contribution is 0.366. The van der Waals surface area contributed by atoms with Crippen molar-refractivity contribution in [2.75, 3.05) is 7.11 Å². The van der Waals surface area contributed by atoms with Crippen molar-refractivity contribution in [1.82, 2.24) is 0 Å². The third-order valence-electron chi connectivity index (χ3n) is 1.42. The Morgan fingerprint density at radius 1 is 1.38 bits per heavy atom. The molecular weight excluding hydrogens is 181 g/mol. The average Bonchev–Trinajstić information content (AvgIpc) is 2.11. The molecule has 0 fully saturated rings. The van der Waals surface area contributed by atoms with Crippen molar-refractivity contribution in [3.63, 3.8) is 0 Å². The van der Waals surface area contributed by atoms with Crippen LogP contribution in [0.25, 0.3) is 0 Å². The van der Waals surface area contributed by atoms with Crippen LogP contribution in [0.2, 0.25) is 0 Å². The van der Waals surface area contributed by atoms with Crippen molar-refractivity contribution in [3.05, 3.63) is 23.8 Å². The van der Waals surface area contributed by atoms with E-state index in [0.29, 0.717) is 0 Å². The fourth-order valence-electron chi connectivity index (χ4n) is 0.847. The number of hydrogen-bond donors (Lipinski definition) is 1. The van der Waals surface area contributed by atoms with Crippen molar-refractivity contribution in [2.24, 2.45) is 0 Å². The second-order valence-corrected chi connectivity index (χ2v) is 2.19. The summed E-state index contributed by atoms with van der Waals surface area (Å²) in [4.78, 5) is 0. The Balaban J connectivity index is 3.06. The summed E-state index contributed by atoms with van der Waals surface area (Å²) in [7, 11) is 0.606. The second-order valence-electron chi connectivity index (χ2n) is 2.19. The number of methoxy groups -OCH3 is 1. The number of benzene rings is 1. The lowest BCUT2D eigenvalue weighted by Gasteiger charge is -2.06. The molecule has 0 aliphatic carbocycles. The van der Waals surface area contributed by atoms with E-state index >= 15 is 0 Å². The van der Waals surface area contributed by atoms with Gasteiger partial charge in [0.15, 0.2) is 11.6 Å². The Kier molecular flexibility index (Phi) is 3.08. The number of hydrogen-bond acceptors (Lipinski definition) is 3. The third kappa shape index (κ3) is 2.09. The summed E-state index contributed by atoms with van der Waals surface area (Å²) in [6.07, 6.45) is 0. The maximum atomic E-state index is 12.8. The molecule has 0 saturated heterocycles. The second kappa shape index (κ2) is 4.09. The van der Waals surface area contributed by atoms with Crippen LogP contribution in [0.15, 0.2) is 12.1 Å². The predicted molar refractivity (Wildman–Crippen MR) is 42.9 cm³/mol. The van der Waals surface area contributed by atoms with E-state index < -0.39 is 19.3 Å². The first-order valence-corrected chi connectivity index (χ1v) is 3.45. The quantitative estimate of drug-likeness (QED) is 0.706. The van der Waals surface area contributed by atoms with Crippen LogP contribution in [-0.4, -0.2) is 19.8 Å². The van der Waals surface area contributed by atoms with E-state index in [0.717, 1.165) is 12.1 Å². The van der Waals surface area contributed by atoms with Crippen molar-refractivity contribution >= 4 is 7.69 Å². The molecule has 1 aromatic carbocycles. The zero-order valence-corrected chi connectivity index (χ0v) is 6.88. The van der Waals surface area contributed by atoms with Crippen molar-refractivity contribution < 1.29 is 23.2 Å². The van der Waals surface area contributed by atoms with Crippen molar-refractivity contribution in [3.8, 4) is 11.5 Å². The molecule has 0 amide bonds. The molecular formula is C7H7BF2O3. The van der Waals surface area contributed by atoms with Gasteiger partial charge in [-0.1, -0.05) is 0 Å². The highest BCUT2D eigenvalue weighted by Gasteiger charge is 2.11. The molecule has 13 heavy (non-hydrogen) atoms. The highest BCUT2D eigenvalue weighted by molar-refractivity contribution is 6.17. The molecule has 0 saturated carbocycles. The Morgan fingerprint density at radius 3 is 2.62 bits per heavy atom. The fourth-order valence-corrected chi connectivity index (χ4v) is 0.847. The summed E-state index contributed by atoms with van der Waals surface area (Å²) >= 11 is 0. The van der Waals surface area contributed by atoms with Crippen molar-refractivity contribution in [2.45, 2.75) is 0 Å². The maximum Gasteiger partial charge on any atom is 0.504 e. The van der Waals surface area contributed by atoms with Gasteiger partial charge in [-0.05, 0) is 0 Å². The van der Waals surface area contributed by atoms with Crippen LogP contribution in [0.3, 0.4) is 0 Å². The van der Waals surface area contributed by atoms with Crippen LogP contribution in [0.1, 0.15) is 0 Å². The van der Waals surface area contributed by atoms with Crippen LogP contribution in [0, 0.1) is 11.6 Å². The molecule has 3 nitrogen and oxygen atoms in total. The molecule has 1 aromatic rings. The van der Waals surface area contributed by atoms with E-state index in [1.807, 2.05) is 0 Å². The zero-order valence-electron chi connectivity index (χ0n) is 6.88. The van der Waals surface area contributed by atoms with E-state index in [9.17, 15) is 8.78 Å². The minimum Gasteiger partial charge on any atom is -0.539 e. The monoisotopic (exact) mass is 188 g/mol. The Bertz CT molecular complexity index is 306. The van der Waals surface area contributed by atoms with Crippen LogP contribution in [0.5, 0.6) is 11.5 Å². The standard InChI is InChI=1S/C7H7BF2O3/c1-12-6-3-4(13-8-11)2-5(9)7(6)10/h2-3,8,11H,1H3. The predicted octanol–water partition coefficient (Wildman–Crippen LogP) is 0.611. The molecule has 0 aromatic heterocycles. The highest BCUT2D eigenvalue weighted by Crippen LogP contribution is 2.25. The first kappa shape index (κ1) is 9.79. The van der Waals surface area contributed by atoms with Crippen LogP contribution < -0.4 is 9.39 Å². The third-order valence-corrected chi connectivity index (χ3v) is 1.42. The molecule has 0 aliphatic heterocycles. The first-order valence-electron chi connectivity index (χ1n) is 3.45. The number of halogens is 2. The van der Waals surface area contributed by atoms with Gasteiger partial charge in [-0.25, -0.2) is 4.39 Å². The summed E-state index contributed by atoms with van der Waals surface area (Å²) in [5.74, 6) is -2.41. The molecule has 0 atom stereocenters. The molecule has 1 N–H and O–H groups in total. The number of rotatable bonds is 3. The summed E-state index contributed by atoms with van der Waals surface area (Å²) in [6, 6.07) is 1.97. The molecule has 0 bridgehead atoms. The molecule has 0 radical (unpaired) electrons. The Hall–Kier alpha value is -1.30. The van der Waals surface area contributed by atoms with Crippen LogP contribution >= 0.6 is 0 Å². The number of ether oxygens (including phenoxy) is 1. The largest absolute Gasteiger partial charge is 0.539 e. The van der Waals surface area contributed by atoms with E-state index in [-0.39, 0.29) is 11.5 Å². The van der Waals surface area contributed by atoms with Gasteiger partial charge in [0.2, 0.25) is 5.82 Å². The van der Waals surface area contributed by atoms with Gasteiger partial charge < -0.3 is 14.4 Å². The van der Waals surface area contributed by atoms with E-state index in [1.54, 1.807) is 0 Å². The molecule has 1 rings (SSSR count). The van der Waals surface area contributed by atoms with Gasteiger partial charge in [0.25, 0.3) is 0 Å². The van der Waals surface area contributed by atoms with Gasteiger partial charge in [0.05, 0.1) is 7.11 Å². The lowest BCUT2D eigenvalue weighted by atomic mass is 10.3. The summed E-state index contributed by atoms with van der Waals surface area (Å²) < 4.78 is 34.6. The lowest BCUT2D eigenvalue weighted by Crippen LogP contribution is -2.01. The van der Waals surface area contributed by atoms with Gasteiger partial charge in [-0.2, -0.15) is 4.39 Å². The fraction of sp³-hybridized carbons (Fsp3) is 0.143. The SMILES string of the molecule is COc1cc(OBO)cc(F)c1F. The van der Waals surface area contributed by atoms with Gasteiger partial charge in [-0.15, -0.1) is 0 Å². The van der Waals surface area contributed by atoms with Gasteiger partial charge in [0.1, 0.15) is 5.75 Å². The molecule has 0 heterocycles. The normalized spacial score (nSPS) is 9.54. The molecule has 70 valence electrons. The molecule has 6 heteroatoms. The van der Waals surface area contributed by atoms with Crippen molar-refractivity contribution in [1.29, 1.82) is 0 Å². The summed E-state index contributed by atoms with van der Waals surface area (Å²) in [5, 5.41) is 8.36. The van der Waals surface area contributed by atoms with Gasteiger partial charge >= 0.3 is 7.69 Å². The molecule has 0 aliphatic rings. The Labute approximate surface area is 74.2 Å². The van der Waals surface area contributed by atoms with Gasteiger partial charge in [-0.3, -0.25) is 0 Å². The van der Waals surface area contributed by atoms with Crippen LogP contribution in [-0.2, 0) is 0 Å². The minimum atomic E-state index is -1.08. The minimum absolute atomic E-state index is 0.0123. The van der Waals surface area contributed by atoms with E-state index in [2.05, 4.69) is 9.39 Å². The van der Waals surface area contributed by atoms with E-state index in [4.69, 9.17) is 5.02 Å². The van der Waals surface area contributed by atoms with E-state index in [1.165, 1.54) is 7.11 Å². The smallest absolute Gasteiger partial charge is 0.504 e. The highest BCUT2D eigenvalue weighted by atomic mass is 19.2.